The molecule has 5 aliphatic rings. The molecule has 0 N–H and O–H groups in total. The number of alkyl halides is 3. The highest BCUT2D eigenvalue weighted by Crippen LogP contribution is 2.57. The first-order valence-electron chi connectivity index (χ1n) is 14.2. The Hall–Kier alpha value is -2.35. The molecule has 212 valence electrons. The van der Waals surface area contributed by atoms with Gasteiger partial charge in [-0.25, -0.2) is 0 Å². The number of likely N-dealkylation sites (N-methyl/N-ethyl adjacent to an activating group) is 1. The van der Waals surface area contributed by atoms with E-state index < -0.39 is 11.7 Å². The zero-order valence-corrected chi connectivity index (χ0v) is 22.6. The van der Waals surface area contributed by atoms with Gasteiger partial charge in [0.2, 0.25) is 5.91 Å². The van der Waals surface area contributed by atoms with Crippen molar-refractivity contribution in [2.75, 3.05) is 45.4 Å². The predicted octanol–water partition coefficient (Wildman–Crippen LogP) is 4.05. The lowest BCUT2D eigenvalue weighted by molar-refractivity contribution is -0.145. The molecule has 7 atom stereocenters. The van der Waals surface area contributed by atoms with Crippen LogP contribution in [0.4, 0.5) is 18.9 Å². The second-order valence-corrected chi connectivity index (χ2v) is 12.2. The number of amides is 1. The van der Waals surface area contributed by atoms with Crippen molar-refractivity contribution in [3.05, 3.63) is 29.3 Å². The zero-order chi connectivity index (χ0) is 27.5. The highest BCUT2D eigenvalue weighted by molar-refractivity contribution is 5.85. The lowest BCUT2D eigenvalue weighted by atomic mass is 9.78. The van der Waals surface area contributed by atoms with Crippen LogP contribution in [0.3, 0.4) is 0 Å². The van der Waals surface area contributed by atoms with Gasteiger partial charge in [-0.1, -0.05) is 6.42 Å². The Labute approximate surface area is 227 Å². The fourth-order valence-electron chi connectivity index (χ4n) is 8.45. The summed E-state index contributed by atoms with van der Waals surface area (Å²) in [6.45, 7) is 2.36. The minimum absolute atomic E-state index is 0.00424. The van der Waals surface area contributed by atoms with Crippen molar-refractivity contribution < 1.29 is 27.4 Å². The van der Waals surface area contributed by atoms with Crippen molar-refractivity contribution in [3.8, 4) is 6.07 Å². The number of methoxy groups -OCH3 is 1. The molecule has 1 amide bonds. The highest BCUT2D eigenvalue weighted by Gasteiger charge is 2.59. The first kappa shape index (κ1) is 26.9. The summed E-state index contributed by atoms with van der Waals surface area (Å²) < 4.78 is 51.8. The molecule has 39 heavy (non-hydrogen) atoms. The smallest absolute Gasteiger partial charge is 0.379 e. The van der Waals surface area contributed by atoms with Gasteiger partial charge in [-0.2, -0.15) is 18.4 Å². The van der Waals surface area contributed by atoms with Gasteiger partial charge >= 0.3 is 6.18 Å². The summed E-state index contributed by atoms with van der Waals surface area (Å²) in [5.74, 6) is 0.625. The number of carbonyl (C=O) groups is 1. The molecule has 2 bridgehead atoms. The van der Waals surface area contributed by atoms with Gasteiger partial charge < -0.3 is 19.3 Å². The number of nitrogens with zero attached hydrogens (tertiary/aromatic N) is 4. The topological polar surface area (TPSA) is 69.0 Å². The van der Waals surface area contributed by atoms with Crippen LogP contribution in [0, 0.1) is 22.7 Å². The van der Waals surface area contributed by atoms with E-state index in [-0.39, 0.29) is 41.1 Å². The number of halogens is 3. The number of hydrogen-bond donors (Lipinski definition) is 0. The van der Waals surface area contributed by atoms with E-state index in [1.54, 1.807) is 7.11 Å². The van der Waals surface area contributed by atoms with E-state index in [1.807, 2.05) is 15.9 Å². The van der Waals surface area contributed by atoms with Crippen molar-refractivity contribution in [1.82, 2.24) is 9.80 Å². The Morgan fingerprint density at radius 1 is 1.21 bits per heavy atom. The third-order valence-corrected chi connectivity index (χ3v) is 10.4. The third-order valence-electron chi connectivity index (χ3n) is 10.4. The summed E-state index contributed by atoms with van der Waals surface area (Å²) in [4.78, 5) is 20.8. The predicted molar refractivity (Wildman–Crippen MR) is 138 cm³/mol. The summed E-state index contributed by atoms with van der Waals surface area (Å²) in [6, 6.07) is 6.00. The minimum Gasteiger partial charge on any atom is -0.379 e. The number of carbonyl (C=O) groups excluding carboxylic acids is 1. The molecule has 0 radical (unpaired) electrons. The standard InChI is InChI=1S/C29H37F3N4O3/c1-34(25-5-7-39-17-26(25)38-2)22-10-19-4-3-6-28(19,13-22)27(37)36-16-23-12-24(36)15-35(23)21-9-18(14-33)8-20(11-21)29(30,31)32/h8-9,11,19,22-26H,3-7,10,12-13,15-17H2,1-2H3/t19-,22-,23+,24+,25+,26-,28-/m1/s1. The Morgan fingerprint density at radius 2 is 2.03 bits per heavy atom. The van der Waals surface area contributed by atoms with Crippen molar-refractivity contribution in [3.63, 3.8) is 0 Å². The molecule has 0 spiro atoms. The fraction of sp³-hybridized carbons (Fsp3) is 0.724. The van der Waals surface area contributed by atoms with Gasteiger partial charge in [0.1, 0.15) is 0 Å². The van der Waals surface area contributed by atoms with Crippen molar-refractivity contribution in [2.45, 2.75) is 81.4 Å². The number of likely N-dealkylation sites (tertiary alicyclic amines) is 1. The number of piperazine rings is 1. The van der Waals surface area contributed by atoms with Crippen molar-refractivity contribution >= 4 is 11.6 Å². The average Bonchev–Trinajstić information content (AvgIpc) is 3.71. The minimum atomic E-state index is -4.51. The first-order chi connectivity index (χ1) is 18.6. The second-order valence-electron chi connectivity index (χ2n) is 12.2. The van der Waals surface area contributed by atoms with Crippen LogP contribution in [-0.4, -0.2) is 86.4 Å². The van der Waals surface area contributed by atoms with Crippen LogP contribution in [0.1, 0.15) is 56.1 Å². The molecule has 3 saturated heterocycles. The number of ether oxygens (including phenoxy) is 2. The van der Waals surface area contributed by atoms with Crippen LogP contribution in [-0.2, 0) is 20.4 Å². The maximum Gasteiger partial charge on any atom is 0.416 e. The highest BCUT2D eigenvalue weighted by atomic mass is 19.4. The molecule has 7 nitrogen and oxygen atoms in total. The summed E-state index contributed by atoms with van der Waals surface area (Å²) >= 11 is 0. The molecule has 10 heteroatoms. The van der Waals surface area contributed by atoms with E-state index in [0.29, 0.717) is 37.3 Å². The first-order valence-corrected chi connectivity index (χ1v) is 14.2. The molecule has 0 aromatic heterocycles. The maximum absolute atomic E-state index is 14.3. The number of fused-ring (bicyclic) bond motifs is 3. The van der Waals surface area contributed by atoms with E-state index in [1.165, 1.54) is 6.07 Å². The fourth-order valence-corrected chi connectivity index (χ4v) is 8.45. The third kappa shape index (κ3) is 4.51. The Morgan fingerprint density at radius 3 is 2.72 bits per heavy atom. The molecule has 1 aromatic rings. The van der Waals surface area contributed by atoms with Crippen LogP contribution < -0.4 is 4.90 Å². The molecule has 0 unspecified atom stereocenters. The number of rotatable bonds is 5. The molecular weight excluding hydrogens is 509 g/mol. The van der Waals surface area contributed by atoms with Crippen LogP contribution in [0.15, 0.2) is 18.2 Å². The zero-order valence-electron chi connectivity index (χ0n) is 22.6. The average molecular weight is 547 g/mol. The van der Waals surface area contributed by atoms with Gasteiger partial charge in [-0.15, -0.1) is 0 Å². The molecule has 5 fully saturated rings. The number of benzene rings is 1. The lowest BCUT2D eigenvalue weighted by Gasteiger charge is -2.42. The molecule has 3 aliphatic heterocycles. The molecule has 3 heterocycles. The van der Waals surface area contributed by atoms with Gasteiger partial charge in [0.05, 0.1) is 41.4 Å². The maximum atomic E-state index is 14.3. The Bertz CT molecular complexity index is 1160. The van der Waals surface area contributed by atoms with E-state index in [9.17, 15) is 23.2 Å². The summed E-state index contributed by atoms with van der Waals surface area (Å²) in [5, 5.41) is 9.32. The number of nitriles is 1. The Balaban J connectivity index is 1.17. The van der Waals surface area contributed by atoms with E-state index >= 15 is 0 Å². The van der Waals surface area contributed by atoms with Gasteiger partial charge in [-0.05, 0) is 69.7 Å². The van der Waals surface area contributed by atoms with E-state index in [2.05, 4.69) is 11.9 Å². The van der Waals surface area contributed by atoms with Gasteiger partial charge in [0.25, 0.3) is 0 Å². The molecule has 6 rings (SSSR count). The largest absolute Gasteiger partial charge is 0.416 e. The van der Waals surface area contributed by atoms with E-state index in [4.69, 9.17) is 9.47 Å². The van der Waals surface area contributed by atoms with E-state index in [0.717, 1.165) is 63.7 Å². The Kier molecular flexibility index (Phi) is 6.84. The molecular formula is C29H37F3N4O3. The monoisotopic (exact) mass is 546 g/mol. The summed E-state index contributed by atoms with van der Waals surface area (Å²) in [5.41, 5.74) is -0.720. The van der Waals surface area contributed by atoms with Crippen LogP contribution in [0.25, 0.3) is 0 Å². The van der Waals surface area contributed by atoms with Crippen LogP contribution >= 0.6 is 0 Å². The lowest BCUT2D eigenvalue weighted by Crippen LogP contribution is -2.54. The van der Waals surface area contributed by atoms with Crippen LogP contribution in [0.2, 0.25) is 0 Å². The summed E-state index contributed by atoms with van der Waals surface area (Å²) in [6.07, 6.45) is 2.14. The normalized spacial score (nSPS) is 36.0. The number of hydrogen-bond acceptors (Lipinski definition) is 6. The van der Waals surface area contributed by atoms with Gasteiger partial charge in [-0.3, -0.25) is 9.69 Å². The number of anilines is 1. The second kappa shape index (κ2) is 9.93. The van der Waals surface area contributed by atoms with Crippen molar-refractivity contribution in [2.24, 2.45) is 11.3 Å². The van der Waals surface area contributed by atoms with Crippen LogP contribution in [0.5, 0.6) is 0 Å². The van der Waals surface area contributed by atoms with Gasteiger partial charge in [0, 0.05) is 50.6 Å². The molecule has 2 aliphatic carbocycles. The molecule has 2 saturated carbocycles. The van der Waals surface area contributed by atoms with Gasteiger partial charge in [0.15, 0.2) is 0 Å². The van der Waals surface area contributed by atoms with Crippen molar-refractivity contribution in [1.29, 1.82) is 5.26 Å². The molecule has 1 aromatic carbocycles. The summed E-state index contributed by atoms with van der Waals surface area (Å²) in [7, 11) is 3.91. The SMILES string of the molecule is CO[C@@H]1COCC[C@@H]1N(C)[C@@H]1C[C@H]2CCC[C@@]2(C(=O)N2C[C@@H]3C[C@H]2CN3c2cc(C#N)cc(C(F)(F)F)c2)C1. The quantitative estimate of drug-likeness (QED) is 0.555.